The number of anilines is 2. The molecule has 11 heteroatoms. The molecule has 0 saturated carbocycles. The summed E-state index contributed by atoms with van der Waals surface area (Å²) in [6.45, 7) is 0. The predicted molar refractivity (Wildman–Crippen MR) is 104 cm³/mol. The lowest BCUT2D eigenvalue weighted by Gasteiger charge is -1.91. The van der Waals surface area contributed by atoms with Gasteiger partial charge in [-0.1, -0.05) is 0 Å². The zero-order valence-corrected chi connectivity index (χ0v) is 15.9. The second kappa shape index (κ2) is 8.86. The number of H-pyrrole nitrogens is 1. The highest BCUT2D eigenvalue weighted by Gasteiger charge is 1.99. The Morgan fingerprint density at radius 1 is 1.04 bits per heavy atom. The van der Waals surface area contributed by atoms with Crippen LogP contribution in [0.5, 0.6) is 0 Å². The molecule has 0 saturated heterocycles. The minimum Gasteiger partial charge on any atom is -0.384 e. The fourth-order valence-corrected chi connectivity index (χ4v) is 2.19. The molecule has 0 atom stereocenters. The minimum absolute atomic E-state index is 0.501. The Labute approximate surface area is 158 Å². The second-order valence-corrected chi connectivity index (χ2v) is 6.06. The van der Waals surface area contributed by atoms with Crippen LogP contribution in [0.1, 0.15) is 0 Å². The molecule has 0 amide bonds. The number of nitrogen functional groups attached to an aromatic ring is 2. The fourth-order valence-electron chi connectivity index (χ4n) is 1.63. The Bertz CT molecular complexity index is 818. The van der Waals surface area contributed by atoms with Crippen LogP contribution >= 0.6 is 22.6 Å². The van der Waals surface area contributed by atoms with E-state index in [-0.39, 0.29) is 0 Å². The van der Waals surface area contributed by atoms with Crippen molar-refractivity contribution in [1.29, 1.82) is 0 Å². The van der Waals surface area contributed by atoms with Crippen molar-refractivity contribution in [3.05, 3.63) is 53.3 Å². The number of imidazole rings is 2. The van der Waals surface area contributed by atoms with Crippen LogP contribution < -0.4 is 11.5 Å². The molecule has 0 aliphatic rings. The Kier molecular flexibility index (Phi) is 6.56. The van der Waals surface area contributed by atoms with Crippen LogP contribution in [0, 0.1) is 3.70 Å². The maximum atomic E-state index is 5.46. The molecule has 4 aromatic heterocycles. The van der Waals surface area contributed by atoms with E-state index in [1.54, 1.807) is 41.9 Å². The molecule has 0 radical (unpaired) electrons. The van der Waals surface area contributed by atoms with Gasteiger partial charge in [0.2, 0.25) is 0 Å². The molecule has 0 fully saturated rings. The van der Waals surface area contributed by atoms with Gasteiger partial charge in [-0.25, -0.2) is 14.6 Å². The number of halogens is 1. The highest BCUT2D eigenvalue weighted by Crippen LogP contribution is 2.04. The maximum absolute atomic E-state index is 5.46. The summed E-state index contributed by atoms with van der Waals surface area (Å²) in [5.74, 6) is 1.88. The lowest BCUT2D eigenvalue weighted by atomic mass is 10.6. The summed E-state index contributed by atoms with van der Waals surface area (Å²) in [4.78, 5) is 8.07. The number of aromatic nitrogens is 8. The summed E-state index contributed by atoms with van der Waals surface area (Å²) in [6, 6.07) is 3.43. The van der Waals surface area contributed by atoms with Gasteiger partial charge in [0.05, 0.1) is 18.9 Å². The van der Waals surface area contributed by atoms with Gasteiger partial charge in [0, 0.05) is 38.8 Å². The molecule has 0 unspecified atom stereocenters. The highest BCUT2D eigenvalue weighted by atomic mass is 127. The van der Waals surface area contributed by atoms with E-state index in [0.717, 1.165) is 9.52 Å². The minimum atomic E-state index is 0.501. The van der Waals surface area contributed by atoms with Crippen molar-refractivity contribution in [1.82, 2.24) is 39.1 Å². The van der Waals surface area contributed by atoms with E-state index in [0.29, 0.717) is 11.6 Å². The van der Waals surface area contributed by atoms with Gasteiger partial charge < -0.3 is 20.6 Å². The molecule has 4 aromatic rings. The third kappa shape index (κ3) is 6.29. The summed E-state index contributed by atoms with van der Waals surface area (Å²) >= 11 is 2.17. The van der Waals surface area contributed by atoms with Crippen LogP contribution in [-0.2, 0) is 14.1 Å². The first-order valence-corrected chi connectivity index (χ1v) is 8.19. The molecular weight excluding hydrogens is 435 g/mol. The number of nitrogens with one attached hydrogen (secondary N) is 1. The van der Waals surface area contributed by atoms with E-state index in [4.69, 9.17) is 11.5 Å². The van der Waals surface area contributed by atoms with E-state index in [2.05, 4.69) is 47.9 Å². The van der Waals surface area contributed by atoms with Crippen LogP contribution in [0.2, 0.25) is 0 Å². The van der Waals surface area contributed by atoms with Gasteiger partial charge in [-0.15, -0.1) is 5.10 Å². The number of nitrogens with zero attached hydrogens (tertiary/aromatic N) is 7. The summed E-state index contributed by atoms with van der Waals surface area (Å²) < 4.78 is 6.45. The third-order valence-corrected chi connectivity index (χ3v) is 3.29. The molecule has 0 bridgehead atoms. The van der Waals surface area contributed by atoms with Crippen molar-refractivity contribution in [2.24, 2.45) is 14.1 Å². The highest BCUT2D eigenvalue weighted by molar-refractivity contribution is 14.1. The van der Waals surface area contributed by atoms with Crippen molar-refractivity contribution in [3.8, 4) is 5.82 Å². The van der Waals surface area contributed by atoms with Gasteiger partial charge in [-0.05, 0) is 28.7 Å². The molecule has 0 aliphatic heterocycles. The fraction of sp³-hybridized carbons (Fsp3) is 0.143. The largest absolute Gasteiger partial charge is 0.384 e. The number of aromatic amines is 1. The van der Waals surface area contributed by atoms with Gasteiger partial charge in [0.25, 0.3) is 0 Å². The Balaban J connectivity index is 0.000000148. The van der Waals surface area contributed by atoms with E-state index in [9.17, 15) is 0 Å². The molecular formula is C14H19IN10. The summed E-state index contributed by atoms with van der Waals surface area (Å²) in [7, 11) is 3.86. The lowest BCUT2D eigenvalue weighted by Crippen LogP contribution is -1.96. The molecule has 5 N–H and O–H groups in total. The summed E-state index contributed by atoms with van der Waals surface area (Å²) in [5, 5.41) is 10.1. The van der Waals surface area contributed by atoms with Gasteiger partial charge in [0.1, 0.15) is 15.3 Å². The Morgan fingerprint density at radius 3 is 2.08 bits per heavy atom. The van der Waals surface area contributed by atoms with Gasteiger partial charge >= 0.3 is 0 Å². The van der Waals surface area contributed by atoms with E-state index < -0.39 is 0 Å². The number of hydrogen-bond donors (Lipinski definition) is 3. The van der Waals surface area contributed by atoms with Gasteiger partial charge in [0.15, 0.2) is 5.82 Å². The van der Waals surface area contributed by atoms with Crippen molar-refractivity contribution < 1.29 is 0 Å². The standard InChI is InChI=1S/C7H9N5.C4H5IN2.C3H5N3/c1-11-4-7(9-5-11)12-3-2-6(8)10-12;1-7-2-4(5)6-3-7;4-3-1-2-5-6-3/h2-5H,1H3,(H2,8,10);2-3H,1H3;1-2H,(H3,4,5,6). The smallest absolute Gasteiger partial charge is 0.171 e. The van der Waals surface area contributed by atoms with Crippen LogP contribution in [0.15, 0.2) is 49.6 Å². The van der Waals surface area contributed by atoms with Crippen LogP contribution in [0.3, 0.4) is 0 Å². The Morgan fingerprint density at radius 2 is 1.76 bits per heavy atom. The van der Waals surface area contributed by atoms with E-state index in [1.165, 1.54) is 0 Å². The van der Waals surface area contributed by atoms with Crippen LogP contribution in [-0.4, -0.2) is 39.1 Å². The molecule has 25 heavy (non-hydrogen) atoms. The average Bonchev–Trinajstić information content (AvgIpc) is 3.33. The lowest BCUT2D eigenvalue weighted by molar-refractivity contribution is 0.856. The zero-order chi connectivity index (χ0) is 18.2. The Hall–Kier alpha value is -2.83. The second-order valence-electron chi connectivity index (χ2n) is 4.96. The summed E-state index contributed by atoms with van der Waals surface area (Å²) in [5.41, 5.74) is 10.6. The predicted octanol–water partition coefficient (Wildman–Crippen LogP) is 1.20. The molecule has 10 nitrogen and oxygen atoms in total. The first-order chi connectivity index (χ1) is 11.9. The molecule has 132 valence electrons. The number of rotatable bonds is 1. The van der Waals surface area contributed by atoms with E-state index in [1.807, 2.05) is 35.6 Å². The molecule has 0 aromatic carbocycles. The van der Waals surface area contributed by atoms with Gasteiger partial charge in [-0.2, -0.15) is 5.10 Å². The van der Waals surface area contributed by atoms with Gasteiger partial charge in [-0.3, -0.25) is 5.10 Å². The number of nitrogens with two attached hydrogens (primary N) is 2. The summed E-state index contributed by atoms with van der Waals surface area (Å²) in [6.07, 6.45) is 10.7. The molecule has 4 heterocycles. The van der Waals surface area contributed by atoms with E-state index >= 15 is 0 Å². The first kappa shape index (κ1) is 18.5. The maximum Gasteiger partial charge on any atom is 0.171 e. The van der Waals surface area contributed by atoms with Crippen molar-refractivity contribution in [2.75, 3.05) is 11.5 Å². The quantitative estimate of drug-likeness (QED) is 0.370. The number of aryl methyl sites for hydroxylation is 2. The third-order valence-electron chi connectivity index (χ3n) is 2.73. The van der Waals surface area contributed by atoms with Crippen molar-refractivity contribution in [3.63, 3.8) is 0 Å². The van der Waals surface area contributed by atoms with Crippen molar-refractivity contribution >= 4 is 34.2 Å². The SMILES string of the molecule is Cn1cnc(-n2ccc(N)n2)c1.Cn1cnc(I)c1.Nc1ccn[nH]1. The molecule has 4 rings (SSSR count). The van der Waals surface area contributed by atoms with Crippen LogP contribution in [0.4, 0.5) is 11.6 Å². The number of hydrogen-bond acceptors (Lipinski definition) is 6. The molecule has 0 spiro atoms. The molecule has 0 aliphatic carbocycles. The average molecular weight is 454 g/mol. The zero-order valence-electron chi connectivity index (χ0n) is 13.8. The monoisotopic (exact) mass is 454 g/mol. The first-order valence-electron chi connectivity index (χ1n) is 7.12. The topological polar surface area (TPSA) is 134 Å². The normalized spacial score (nSPS) is 9.72. The van der Waals surface area contributed by atoms with Crippen LogP contribution in [0.25, 0.3) is 5.82 Å². The van der Waals surface area contributed by atoms with Crippen molar-refractivity contribution in [2.45, 2.75) is 0 Å².